The van der Waals surface area contributed by atoms with Gasteiger partial charge in [0.25, 0.3) is 0 Å². The number of amides is 2. The second kappa shape index (κ2) is 6.93. The second-order valence-corrected chi connectivity index (χ2v) is 8.88. The highest BCUT2D eigenvalue weighted by atomic mass is 16.2. The molecule has 1 atom stereocenters. The number of carbonyl (C=O) groups excluding carboxylic acids is 2. The van der Waals surface area contributed by atoms with Gasteiger partial charge in [-0.3, -0.25) is 9.59 Å². The van der Waals surface area contributed by atoms with Gasteiger partial charge in [0.2, 0.25) is 11.8 Å². The number of likely N-dealkylation sites (N-methyl/N-ethyl adjacent to an activating group) is 1. The molecular weight excluding hydrogens is 338 g/mol. The van der Waals surface area contributed by atoms with Gasteiger partial charge in [-0.25, -0.2) is 0 Å². The van der Waals surface area contributed by atoms with Crippen molar-refractivity contribution in [2.45, 2.75) is 44.9 Å². The summed E-state index contributed by atoms with van der Waals surface area (Å²) in [4.78, 5) is 29.0. The Labute approximate surface area is 161 Å². The van der Waals surface area contributed by atoms with Crippen LogP contribution in [0, 0.1) is 10.8 Å². The van der Waals surface area contributed by atoms with E-state index in [2.05, 4.69) is 42.2 Å². The van der Waals surface area contributed by atoms with Crippen molar-refractivity contribution in [2.75, 3.05) is 32.7 Å². The van der Waals surface area contributed by atoms with E-state index in [1.165, 1.54) is 12.0 Å². The third-order valence-corrected chi connectivity index (χ3v) is 7.18. The number of hydrogen-bond donors (Lipinski definition) is 1. The topological polar surface area (TPSA) is 66.6 Å². The number of nitrogens with zero attached hydrogens (tertiary/aromatic N) is 2. The highest BCUT2D eigenvalue weighted by Crippen LogP contribution is 2.49. The summed E-state index contributed by atoms with van der Waals surface area (Å²) in [6.45, 7) is 7.06. The lowest BCUT2D eigenvalue weighted by Gasteiger charge is -2.50. The molecule has 0 bridgehead atoms. The first-order chi connectivity index (χ1) is 13.0. The molecular formula is C22H31N3O2. The van der Waals surface area contributed by atoms with Crippen molar-refractivity contribution in [3.63, 3.8) is 0 Å². The Morgan fingerprint density at radius 2 is 1.78 bits per heavy atom. The minimum Gasteiger partial charge on any atom is -0.369 e. The highest BCUT2D eigenvalue weighted by molar-refractivity contribution is 6.07. The van der Waals surface area contributed by atoms with Gasteiger partial charge in [0.05, 0.1) is 0 Å². The van der Waals surface area contributed by atoms with E-state index in [4.69, 9.17) is 5.73 Å². The third kappa shape index (κ3) is 3.38. The van der Waals surface area contributed by atoms with Crippen LogP contribution in [-0.4, -0.2) is 54.3 Å². The summed E-state index contributed by atoms with van der Waals surface area (Å²) < 4.78 is 0. The fourth-order valence-corrected chi connectivity index (χ4v) is 5.23. The molecule has 1 saturated carbocycles. The van der Waals surface area contributed by atoms with E-state index in [1.54, 1.807) is 0 Å². The van der Waals surface area contributed by atoms with Crippen LogP contribution in [0.1, 0.15) is 50.5 Å². The zero-order valence-electron chi connectivity index (χ0n) is 16.3. The number of rotatable bonds is 4. The van der Waals surface area contributed by atoms with Crippen molar-refractivity contribution < 1.29 is 9.59 Å². The molecule has 1 aromatic rings. The van der Waals surface area contributed by atoms with Crippen molar-refractivity contribution in [2.24, 2.45) is 16.6 Å². The molecule has 1 aromatic carbocycles. The van der Waals surface area contributed by atoms with Gasteiger partial charge >= 0.3 is 0 Å². The summed E-state index contributed by atoms with van der Waals surface area (Å²) in [5.41, 5.74) is 6.33. The molecule has 0 aromatic heterocycles. The minimum absolute atomic E-state index is 0.0207. The monoisotopic (exact) mass is 369 g/mol. The predicted molar refractivity (Wildman–Crippen MR) is 105 cm³/mol. The third-order valence-electron chi connectivity index (χ3n) is 7.18. The van der Waals surface area contributed by atoms with Gasteiger partial charge in [-0.2, -0.15) is 0 Å². The van der Waals surface area contributed by atoms with Gasteiger partial charge in [-0.15, -0.1) is 0 Å². The maximum atomic E-state index is 12.8. The number of piperidine rings is 2. The Bertz CT molecular complexity index is 706. The van der Waals surface area contributed by atoms with Crippen LogP contribution < -0.4 is 5.73 Å². The van der Waals surface area contributed by atoms with Crippen molar-refractivity contribution in [1.82, 2.24) is 9.80 Å². The maximum absolute atomic E-state index is 12.8. The molecule has 27 heavy (non-hydrogen) atoms. The van der Waals surface area contributed by atoms with Crippen LogP contribution in [0.2, 0.25) is 0 Å². The largest absolute Gasteiger partial charge is 0.369 e. The van der Waals surface area contributed by atoms with Crippen molar-refractivity contribution in [3.8, 4) is 0 Å². The molecule has 1 unspecified atom stereocenters. The van der Waals surface area contributed by atoms with Crippen LogP contribution in [0.5, 0.6) is 0 Å². The molecule has 5 heteroatoms. The number of benzene rings is 1. The summed E-state index contributed by atoms with van der Waals surface area (Å²) in [6, 6.07) is 10.8. The Balaban J connectivity index is 1.46. The molecule has 2 heterocycles. The summed E-state index contributed by atoms with van der Waals surface area (Å²) in [5, 5.41) is 0. The van der Waals surface area contributed by atoms with Crippen LogP contribution >= 0.6 is 0 Å². The first kappa shape index (κ1) is 18.5. The number of nitrogens with two attached hydrogens (primary N) is 1. The lowest BCUT2D eigenvalue weighted by molar-refractivity contribution is -0.145. The number of primary amides is 1. The Morgan fingerprint density at radius 1 is 1.11 bits per heavy atom. The van der Waals surface area contributed by atoms with E-state index in [0.717, 1.165) is 45.6 Å². The van der Waals surface area contributed by atoms with Crippen LogP contribution in [-0.2, 0) is 9.59 Å². The van der Waals surface area contributed by atoms with E-state index < -0.39 is 11.3 Å². The van der Waals surface area contributed by atoms with Crippen LogP contribution in [0.15, 0.2) is 30.3 Å². The molecule has 2 N–H and O–H groups in total. The van der Waals surface area contributed by atoms with Crippen molar-refractivity contribution in [1.29, 1.82) is 0 Å². The quantitative estimate of drug-likeness (QED) is 0.829. The summed E-state index contributed by atoms with van der Waals surface area (Å²) in [5.74, 6) is 0.0990. The Hall–Kier alpha value is -1.88. The lowest BCUT2D eigenvalue weighted by atomic mass is 9.68. The van der Waals surface area contributed by atoms with Gasteiger partial charge < -0.3 is 15.5 Å². The molecule has 4 rings (SSSR count). The average molecular weight is 370 g/mol. The Morgan fingerprint density at radius 3 is 2.33 bits per heavy atom. The summed E-state index contributed by atoms with van der Waals surface area (Å²) >= 11 is 0. The van der Waals surface area contributed by atoms with Gasteiger partial charge in [0.1, 0.15) is 5.41 Å². The molecule has 5 nitrogen and oxygen atoms in total. The molecule has 3 aliphatic rings. The van der Waals surface area contributed by atoms with Gasteiger partial charge in [-0.1, -0.05) is 37.3 Å². The zero-order chi connectivity index (χ0) is 19.1. The standard InChI is InChI=1S/C22H31N3O2/c1-2-24-15-18(17-6-4-3-5-7-17)14-21(16-24)10-12-25(13-11-21)20(27)22(8-9-22)19(23)26/h3-7,18H,2,8-16H2,1H3,(H2,23,26). The number of likely N-dealkylation sites (tertiary alicyclic amines) is 2. The molecule has 146 valence electrons. The first-order valence-electron chi connectivity index (χ1n) is 10.3. The normalized spacial score (nSPS) is 26.7. The highest BCUT2D eigenvalue weighted by Gasteiger charge is 2.57. The SMILES string of the molecule is CCN1CC(c2ccccc2)CC2(CCN(C(=O)C3(C(N)=O)CC3)CC2)C1. The van der Waals surface area contributed by atoms with E-state index in [-0.39, 0.29) is 11.3 Å². The lowest BCUT2D eigenvalue weighted by Crippen LogP contribution is -2.54. The summed E-state index contributed by atoms with van der Waals surface area (Å²) in [7, 11) is 0. The molecule has 1 spiro atoms. The number of carbonyl (C=O) groups is 2. The van der Waals surface area contributed by atoms with Crippen LogP contribution in [0.25, 0.3) is 0 Å². The van der Waals surface area contributed by atoms with E-state index >= 15 is 0 Å². The van der Waals surface area contributed by atoms with E-state index in [1.807, 2.05) is 4.90 Å². The van der Waals surface area contributed by atoms with Gasteiger partial charge in [0, 0.05) is 26.2 Å². The van der Waals surface area contributed by atoms with Crippen molar-refractivity contribution in [3.05, 3.63) is 35.9 Å². The molecule has 3 fully saturated rings. The van der Waals surface area contributed by atoms with Gasteiger partial charge in [0.15, 0.2) is 0 Å². The number of hydrogen-bond acceptors (Lipinski definition) is 3. The van der Waals surface area contributed by atoms with E-state index in [9.17, 15) is 9.59 Å². The molecule has 2 amide bonds. The predicted octanol–water partition coefficient (Wildman–Crippen LogP) is 2.37. The van der Waals surface area contributed by atoms with E-state index in [0.29, 0.717) is 18.8 Å². The van der Waals surface area contributed by atoms with Crippen molar-refractivity contribution >= 4 is 11.8 Å². The average Bonchev–Trinajstić information content (AvgIpc) is 3.50. The van der Waals surface area contributed by atoms with Crippen LogP contribution in [0.4, 0.5) is 0 Å². The smallest absolute Gasteiger partial charge is 0.238 e. The minimum atomic E-state index is -0.876. The molecule has 2 saturated heterocycles. The zero-order valence-corrected chi connectivity index (χ0v) is 16.3. The fraction of sp³-hybridized carbons (Fsp3) is 0.636. The van der Waals surface area contributed by atoms with Crippen LogP contribution in [0.3, 0.4) is 0 Å². The first-order valence-corrected chi connectivity index (χ1v) is 10.3. The molecule has 1 aliphatic carbocycles. The summed E-state index contributed by atoms with van der Waals surface area (Å²) in [6.07, 6.45) is 4.49. The fourth-order valence-electron chi connectivity index (χ4n) is 5.23. The molecule has 2 aliphatic heterocycles. The second-order valence-electron chi connectivity index (χ2n) is 8.88. The van der Waals surface area contributed by atoms with Gasteiger partial charge in [-0.05, 0) is 55.5 Å². The Kier molecular flexibility index (Phi) is 4.75. The molecule has 0 radical (unpaired) electrons. The maximum Gasteiger partial charge on any atom is 0.238 e.